The summed E-state index contributed by atoms with van der Waals surface area (Å²) in [5.41, 5.74) is -0.488. The monoisotopic (exact) mass is 354 g/mol. The van der Waals surface area contributed by atoms with Crippen LogP contribution >= 0.6 is 0 Å². The van der Waals surface area contributed by atoms with E-state index in [1.54, 1.807) is 0 Å². The van der Waals surface area contributed by atoms with E-state index in [0.29, 0.717) is 0 Å². The smallest absolute Gasteiger partial charge is 0.298 e. The van der Waals surface area contributed by atoms with Crippen molar-refractivity contribution in [3.8, 4) is 0 Å². The molecular weight excluding hydrogens is 344 g/mol. The molecule has 0 N–H and O–H groups in total. The van der Waals surface area contributed by atoms with Gasteiger partial charge in [0.1, 0.15) is 9.79 Å². The summed E-state index contributed by atoms with van der Waals surface area (Å²) in [4.78, 5) is 20.6. The molecule has 0 aliphatic carbocycles. The summed E-state index contributed by atoms with van der Waals surface area (Å²) in [6.07, 6.45) is 0.532. The fraction of sp³-hybridized carbons (Fsp3) is 0. The fourth-order valence-corrected chi connectivity index (χ4v) is 4.63. The Balaban J connectivity index is 2.52. The average molecular weight is 354 g/mol. The van der Waals surface area contributed by atoms with Crippen LogP contribution in [0.2, 0.25) is 0 Å². The molecule has 7 nitrogen and oxygen atoms in total. The topological polar surface area (TPSA) is 112 Å². The third-order valence-electron chi connectivity index (χ3n) is 2.81. The van der Waals surface area contributed by atoms with Gasteiger partial charge in [-0.3, -0.25) is 9.59 Å². The number of hydrogen-bond donors (Lipinski definition) is 0. The van der Waals surface area contributed by atoms with E-state index >= 15 is 0 Å². The van der Waals surface area contributed by atoms with Crippen LogP contribution in [0.4, 0.5) is 0 Å². The van der Waals surface area contributed by atoms with Crippen molar-refractivity contribution in [2.45, 2.75) is 9.79 Å². The van der Waals surface area contributed by atoms with Crippen LogP contribution in [0, 0.1) is 0 Å². The molecule has 0 aliphatic rings. The molecule has 0 heterocycles. The molecular formula is C14H10O7S2. The first-order valence-corrected chi connectivity index (χ1v) is 8.93. The minimum atomic E-state index is -4.77. The molecule has 2 aromatic carbocycles. The van der Waals surface area contributed by atoms with Crippen molar-refractivity contribution in [3.63, 3.8) is 0 Å². The Morgan fingerprint density at radius 3 is 1.35 bits per heavy atom. The summed E-state index contributed by atoms with van der Waals surface area (Å²) in [5.74, 6) is 0. The lowest BCUT2D eigenvalue weighted by molar-refractivity contribution is 0.111. The Bertz CT molecular complexity index is 881. The van der Waals surface area contributed by atoms with Crippen molar-refractivity contribution in [2.24, 2.45) is 0 Å². The van der Waals surface area contributed by atoms with E-state index in [1.165, 1.54) is 36.4 Å². The highest BCUT2D eigenvalue weighted by Crippen LogP contribution is 2.23. The molecule has 0 saturated heterocycles. The van der Waals surface area contributed by atoms with Gasteiger partial charge in [0.05, 0.1) is 0 Å². The van der Waals surface area contributed by atoms with Gasteiger partial charge >= 0.3 is 20.2 Å². The molecule has 120 valence electrons. The molecule has 0 aromatic heterocycles. The minimum absolute atomic E-state index is 0.244. The largest absolute Gasteiger partial charge is 0.312 e. The van der Waals surface area contributed by atoms with E-state index in [0.717, 1.165) is 12.1 Å². The highest BCUT2D eigenvalue weighted by Gasteiger charge is 2.30. The molecule has 23 heavy (non-hydrogen) atoms. The first-order chi connectivity index (χ1) is 10.8. The standard InChI is InChI=1S/C14H10O7S2/c15-9-11-5-1-3-7-13(11)22(17,18)21-23(19,20)14-8-4-2-6-12(14)10-16/h1-10H. The highest BCUT2D eigenvalue weighted by molar-refractivity contribution is 8.00. The zero-order valence-corrected chi connectivity index (χ0v) is 13.1. The van der Waals surface area contributed by atoms with E-state index in [9.17, 15) is 26.4 Å². The maximum absolute atomic E-state index is 12.2. The SMILES string of the molecule is O=Cc1ccccc1S(=O)(=O)OS(=O)(=O)c1ccccc1C=O. The normalized spacial score (nSPS) is 11.8. The van der Waals surface area contributed by atoms with Crippen molar-refractivity contribution < 1.29 is 30.1 Å². The molecule has 0 radical (unpaired) electrons. The van der Waals surface area contributed by atoms with E-state index < -0.39 is 30.0 Å². The Morgan fingerprint density at radius 1 is 0.652 bits per heavy atom. The van der Waals surface area contributed by atoms with Gasteiger partial charge in [-0.2, -0.15) is 16.8 Å². The van der Waals surface area contributed by atoms with Gasteiger partial charge in [0, 0.05) is 11.1 Å². The van der Waals surface area contributed by atoms with Crippen molar-refractivity contribution >= 4 is 32.8 Å². The first kappa shape index (κ1) is 17.0. The van der Waals surface area contributed by atoms with Crippen LogP contribution in [-0.4, -0.2) is 29.4 Å². The lowest BCUT2D eigenvalue weighted by Crippen LogP contribution is -2.16. The molecule has 0 atom stereocenters. The fourth-order valence-electron chi connectivity index (χ4n) is 1.80. The van der Waals surface area contributed by atoms with Crippen LogP contribution in [0.15, 0.2) is 58.3 Å². The summed E-state index contributed by atoms with van der Waals surface area (Å²) in [7, 11) is -9.54. The van der Waals surface area contributed by atoms with E-state index in [4.69, 9.17) is 0 Å². The molecule has 9 heteroatoms. The second-order valence-corrected chi connectivity index (χ2v) is 7.53. The van der Waals surface area contributed by atoms with Gasteiger partial charge < -0.3 is 0 Å². The average Bonchev–Trinajstić information content (AvgIpc) is 2.53. The Hall–Kier alpha value is -2.36. The zero-order chi connectivity index (χ0) is 17.1. The van der Waals surface area contributed by atoms with Crippen molar-refractivity contribution in [1.29, 1.82) is 0 Å². The van der Waals surface area contributed by atoms with Gasteiger partial charge in [0.2, 0.25) is 0 Å². The van der Waals surface area contributed by atoms with Gasteiger partial charge in [0.25, 0.3) is 0 Å². The number of carbonyl (C=O) groups excluding carboxylic acids is 2. The molecule has 0 amide bonds. The van der Waals surface area contributed by atoms with E-state index in [2.05, 4.69) is 3.63 Å². The van der Waals surface area contributed by atoms with E-state index in [1.807, 2.05) is 0 Å². The Morgan fingerprint density at radius 2 is 1.00 bits per heavy atom. The van der Waals surface area contributed by atoms with Crippen LogP contribution in [-0.2, 0) is 23.9 Å². The van der Waals surface area contributed by atoms with Crippen LogP contribution in [0.5, 0.6) is 0 Å². The summed E-state index contributed by atoms with van der Waals surface area (Å²) in [6.45, 7) is 0. The number of hydrogen-bond acceptors (Lipinski definition) is 7. The van der Waals surface area contributed by atoms with E-state index in [-0.39, 0.29) is 23.7 Å². The molecule has 0 spiro atoms. The number of carbonyl (C=O) groups is 2. The number of rotatable bonds is 6. The lowest BCUT2D eigenvalue weighted by Gasteiger charge is -2.09. The first-order valence-electron chi connectivity index (χ1n) is 6.11. The minimum Gasteiger partial charge on any atom is -0.298 e. The van der Waals surface area contributed by atoms with Crippen molar-refractivity contribution in [2.75, 3.05) is 0 Å². The molecule has 2 aromatic rings. The third kappa shape index (κ3) is 3.52. The maximum Gasteiger partial charge on any atom is 0.312 e. The van der Waals surface area contributed by atoms with Crippen LogP contribution in [0.3, 0.4) is 0 Å². The quantitative estimate of drug-likeness (QED) is 0.721. The van der Waals surface area contributed by atoms with Gasteiger partial charge in [-0.25, -0.2) is 0 Å². The molecule has 2 rings (SSSR count). The predicted molar refractivity (Wildman–Crippen MR) is 79.1 cm³/mol. The molecule has 0 unspecified atom stereocenters. The Labute approximate surface area is 132 Å². The predicted octanol–water partition coefficient (Wildman–Crippen LogP) is 1.41. The second kappa shape index (κ2) is 6.41. The summed E-state index contributed by atoms with van der Waals surface area (Å²) >= 11 is 0. The number of benzene rings is 2. The van der Waals surface area contributed by atoms with Gasteiger partial charge in [-0.15, -0.1) is 3.63 Å². The zero-order valence-electron chi connectivity index (χ0n) is 11.4. The molecule has 0 bridgehead atoms. The van der Waals surface area contributed by atoms with Crippen molar-refractivity contribution in [3.05, 3.63) is 59.7 Å². The summed E-state index contributed by atoms with van der Waals surface area (Å²) in [5, 5.41) is 0. The number of aldehydes is 2. The van der Waals surface area contributed by atoms with Gasteiger partial charge in [-0.1, -0.05) is 36.4 Å². The molecule has 0 aliphatic heterocycles. The maximum atomic E-state index is 12.2. The molecule has 0 fully saturated rings. The summed E-state index contributed by atoms with van der Waals surface area (Å²) < 4.78 is 52.9. The Kier molecular flexibility index (Phi) is 4.73. The van der Waals surface area contributed by atoms with Crippen LogP contribution in [0.25, 0.3) is 0 Å². The lowest BCUT2D eigenvalue weighted by atomic mass is 10.2. The second-order valence-electron chi connectivity index (χ2n) is 4.29. The van der Waals surface area contributed by atoms with Crippen LogP contribution < -0.4 is 0 Å². The van der Waals surface area contributed by atoms with Crippen LogP contribution in [0.1, 0.15) is 20.7 Å². The summed E-state index contributed by atoms with van der Waals surface area (Å²) in [6, 6.07) is 9.95. The highest BCUT2D eigenvalue weighted by atomic mass is 32.3. The van der Waals surface area contributed by atoms with Crippen molar-refractivity contribution in [1.82, 2.24) is 0 Å². The van der Waals surface area contributed by atoms with Gasteiger partial charge in [0.15, 0.2) is 12.6 Å². The van der Waals surface area contributed by atoms with Gasteiger partial charge in [-0.05, 0) is 12.1 Å². The third-order valence-corrected chi connectivity index (χ3v) is 6.06. The molecule has 0 saturated carbocycles.